The Bertz CT molecular complexity index is 518. The Balaban J connectivity index is 2.08. The average molecular weight is 278 g/mol. The van der Waals surface area contributed by atoms with Gasteiger partial charge in [0.2, 0.25) is 0 Å². The van der Waals surface area contributed by atoms with E-state index in [-0.39, 0.29) is 18.3 Å². The van der Waals surface area contributed by atoms with Crippen LogP contribution in [0.1, 0.15) is 12.8 Å². The zero-order chi connectivity index (χ0) is 14.7. The van der Waals surface area contributed by atoms with Crippen LogP contribution in [0.4, 0.5) is 10.5 Å². The molecule has 2 N–H and O–H groups in total. The third kappa shape index (κ3) is 3.01. The number of aromatic hydroxyl groups is 1. The predicted molar refractivity (Wildman–Crippen MR) is 73.8 cm³/mol. The first-order valence-electron chi connectivity index (χ1n) is 6.53. The largest absolute Gasteiger partial charge is 0.508 e. The number of carbonyl (C=O) groups is 2. The van der Waals surface area contributed by atoms with Crippen molar-refractivity contribution in [1.29, 1.82) is 0 Å². The summed E-state index contributed by atoms with van der Waals surface area (Å²) in [6.45, 7) is 0.795. The molecule has 2 amide bonds. The van der Waals surface area contributed by atoms with Crippen LogP contribution in [0.5, 0.6) is 5.75 Å². The first kappa shape index (κ1) is 14.2. The van der Waals surface area contributed by atoms with E-state index in [0.29, 0.717) is 25.1 Å². The van der Waals surface area contributed by atoms with Crippen molar-refractivity contribution in [3.8, 4) is 5.75 Å². The first-order chi connectivity index (χ1) is 9.49. The quantitative estimate of drug-likeness (QED) is 0.863. The van der Waals surface area contributed by atoms with E-state index >= 15 is 0 Å². The average Bonchev–Trinajstić information content (AvgIpc) is 2.45. The van der Waals surface area contributed by atoms with Crippen LogP contribution in [-0.2, 0) is 4.79 Å². The maximum absolute atomic E-state index is 12.4. The molecule has 1 unspecified atom stereocenters. The highest BCUT2D eigenvalue weighted by Crippen LogP contribution is 2.22. The van der Waals surface area contributed by atoms with Gasteiger partial charge in [-0.25, -0.2) is 4.79 Å². The van der Waals surface area contributed by atoms with Crippen LogP contribution < -0.4 is 4.90 Å². The van der Waals surface area contributed by atoms with Gasteiger partial charge in [-0.05, 0) is 25.0 Å². The van der Waals surface area contributed by atoms with E-state index in [9.17, 15) is 14.7 Å². The van der Waals surface area contributed by atoms with E-state index in [1.807, 2.05) is 0 Å². The Morgan fingerprint density at radius 1 is 1.40 bits per heavy atom. The molecule has 20 heavy (non-hydrogen) atoms. The molecular formula is C14H18N2O4. The van der Waals surface area contributed by atoms with Crippen molar-refractivity contribution in [2.24, 2.45) is 5.92 Å². The lowest BCUT2D eigenvalue weighted by molar-refractivity contribution is -0.143. The number of nitrogens with zero attached hydrogens (tertiary/aromatic N) is 2. The summed E-state index contributed by atoms with van der Waals surface area (Å²) in [5, 5.41) is 18.5. The maximum atomic E-state index is 12.4. The van der Waals surface area contributed by atoms with E-state index in [1.54, 1.807) is 24.1 Å². The Kier molecular flexibility index (Phi) is 4.12. The fourth-order valence-electron chi connectivity index (χ4n) is 2.38. The Morgan fingerprint density at radius 3 is 2.80 bits per heavy atom. The van der Waals surface area contributed by atoms with Crippen molar-refractivity contribution in [1.82, 2.24) is 4.90 Å². The fourth-order valence-corrected chi connectivity index (χ4v) is 2.38. The molecule has 0 aliphatic carbocycles. The van der Waals surface area contributed by atoms with Gasteiger partial charge in [-0.2, -0.15) is 0 Å². The molecule has 1 aromatic carbocycles. The molecule has 0 spiro atoms. The van der Waals surface area contributed by atoms with Crippen LogP contribution in [0.2, 0.25) is 0 Å². The van der Waals surface area contributed by atoms with Gasteiger partial charge in [-0.3, -0.25) is 9.69 Å². The lowest BCUT2D eigenvalue weighted by Gasteiger charge is -2.33. The highest BCUT2D eigenvalue weighted by Gasteiger charge is 2.29. The van der Waals surface area contributed by atoms with Crippen molar-refractivity contribution in [3.05, 3.63) is 24.3 Å². The van der Waals surface area contributed by atoms with Crippen molar-refractivity contribution < 1.29 is 19.8 Å². The van der Waals surface area contributed by atoms with E-state index in [4.69, 9.17) is 5.11 Å². The molecule has 1 heterocycles. The van der Waals surface area contributed by atoms with Gasteiger partial charge >= 0.3 is 12.0 Å². The number of benzene rings is 1. The molecule has 0 saturated carbocycles. The van der Waals surface area contributed by atoms with Crippen LogP contribution in [0.25, 0.3) is 0 Å². The number of phenolic OH excluding ortho intramolecular Hbond substituents is 1. The van der Waals surface area contributed by atoms with Gasteiger partial charge in [0.05, 0.1) is 5.92 Å². The molecule has 6 heteroatoms. The Labute approximate surface area is 117 Å². The fraction of sp³-hybridized carbons (Fsp3) is 0.429. The zero-order valence-corrected chi connectivity index (χ0v) is 11.3. The molecule has 1 aromatic rings. The number of carbonyl (C=O) groups excluding carboxylic acids is 1. The third-order valence-corrected chi connectivity index (χ3v) is 3.55. The summed E-state index contributed by atoms with van der Waals surface area (Å²) in [5.74, 6) is -1.27. The number of anilines is 1. The van der Waals surface area contributed by atoms with Gasteiger partial charge in [0, 0.05) is 31.9 Å². The summed E-state index contributed by atoms with van der Waals surface area (Å²) in [6.07, 6.45) is 1.30. The summed E-state index contributed by atoms with van der Waals surface area (Å²) in [7, 11) is 1.61. The number of piperidine rings is 1. The summed E-state index contributed by atoms with van der Waals surface area (Å²) in [6, 6.07) is 6.15. The molecule has 2 rings (SSSR count). The highest BCUT2D eigenvalue weighted by atomic mass is 16.4. The molecule has 108 valence electrons. The van der Waals surface area contributed by atoms with E-state index in [2.05, 4.69) is 0 Å². The second kappa shape index (κ2) is 5.81. The van der Waals surface area contributed by atoms with Crippen LogP contribution in [0.3, 0.4) is 0 Å². The maximum Gasteiger partial charge on any atom is 0.324 e. The van der Waals surface area contributed by atoms with Crippen LogP contribution in [0, 0.1) is 5.92 Å². The SMILES string of the molecule is CN(C(=O)N1CCCC(C(=O)O)C1)c1cccc(O)c1. The minimum atomic E-state index is -0.859. The van der Waals surface area contributed by atoms with Crippen molar-refractivity contribution in [2.45, 2.75) is 12.8 Å². The van der Waals surface area contributed by atoms with Crippen molar-refractivity contribution in [2.75, 3.05) is 25.0 Å². The monoisotopic (exact) mass is 278 g/mol. The lowest BCUT2D eigenvalue weighted by atomic mass is 9.99. The Morgan fingerprint density at radius 2 is 2.15 bits per heavy atom. The number of hydrogen-bond acceptors (Lipinski definition) is 3. The normalized spacial score (nSPS) is 18.6. The number of carboxylic acid groups (broad SMARTS) is 1. The molecule has 0 bridgehead atoms. The summed E-state index contributed by atoms with van der Waals surface area (Å²) < 4.78 is 0. The number of aliphatic carboxylic acids is 1. The van der Waals surface area contributed by atoms with Crippen molar-refractivity contribution in [3.63, 3.8) is 0 Å². The smallest absolute Gasteiger partial charge is 0.324 e. The number of phenols is 1. The molecule has 1 atom stereocenters. The lowest BCUT2D eigenvalue weighted by Crippen LogP contribution is -2.47. The molecule has 1 aliphatic rings. The summed E-state index contributed by atoms with van der Waals surface area (Å²) >= 11 is 0. The standard InChI is InChI=1S/C14H18N2O4/c1-15(11-5-2-6-12(17)8-11)14(20)16-7-3-4-10(9-16)13(18)19/h2,5-6,8,10,17H,3-4,7,9H2,1H3,(H,18,19). The second-order valence-electron chi connectivity index (χ2n) is 4.98. The highest BCUT2D eigenvalue weighted by molar-refractivity contribution is 5.92. The van der Waals surface area contributed by atoms with Gasteiger partial charge in [0.1, 0.15) is 5.75 Å². The number of hydrogen-bond donors (Lipinski definition) is 2. The minimum Gasteiger partial charge on any atom is -0.508 e. The van der Waals surface area contributed by atoms with Gasteiger partial charge in [0.15, 0.2) is 0 Å². The summed E-state index contributed by atoms with van der Waals surface area (Å²) in [5.41, 5.74) is 0.576. The van der Waals surface area contributed by atoms with E-state index in [0.717, 1.165) is 0 Å². The van der Waals surface area contributed by atoms with Crippen LogP contribution >= 0.6 is 0 Å². The molecule has 1 saturated heterocycles. The van der Waals surface area contributed by atoms with Gasteiger partial charge in [-0.15, -0.1) is 0 Å². The van der Waals surface area contributed by atoms with E-state index in [1.165, 1.54) is 17.0 Å². The Hall–Kier alpha value is -2.24. The van der Waals surface area contributed by atoms with Crippen LogP contribution in [0.15, 0.2) is 24.3 Å². The number of amides is 2. The number of carboxylic acids is 1. The topological polar surface area (TPSA) is 81.1 Å². The van der Waals surface area contributed by atoms with Gasteiger partial charge in [0.25, 0.3) is 0 Å². The number of likely N-dealkylation sites (tertiary alicyclic amines) is 1. The molecule has 1 fully saturated rings. The summed E-state index contributed by atoms with van der Waals surface area (Å²) in [4.78, 5) is 26.3. The molecule has 1 aliphatic heterocycles. The number of rotatable bonds is 2. The minimum absolute atomic E-state index is 0.0872. The van der Waals surface area contributed by atoms with E-state index < -0.39 is 11.9 Å². The first-order valence-corrected chi connectivity index (χ1v) is 6.53. The third-order valence-electron chi connectivity index (χ3n) is 3.55. The molecular weight excluding hydrogens is 260 g/mol. The zero-order valence-electron chi connectivity index (χ0n) is 11.3. The van der Waals surface area contributed by atoms with Crippen molar-refractivity contribution >= 4 is 17.7 Å². The van der Waals surface area contributed by atoms with Gasteiger partial charge in [-0.1, -0.05) is 6.07 Å². The molecule has 0 aromatic heterocycles. The second-order valence-corrected chi connectivity index (χ2v) is 4.98. The van der Waals surface area contributed by atoms with Crippen LogP contribution in [-0.4, -0.2) is 47.3 Å². The predicted octanol–water partition coefficient (Wildman–Crippen LogP) is 1.75. The number of urea groups is 1. The molecule has 6 nitrogen and oxygen atoms in total. The molecule has 0 radical (unpaired) electrons. The van der Waals surface area contributed by atoms with Gasteiger partial charge < -0.3 is 15.1 Å².